The van der Waals surface area contributed by atoms with Gasteiger partial charge in [0.05, 0.1) is 16.7 Å². The van der Waals surface area contributed by atoms with Gasteiger partial charge in [-0.1, -0.05) is 38.9 Å². The molecule has 0 atom stereocenters. The summed E-state index contributed by atoms with van der Waals surface area (Å²) in [6.45, 7) is 44.2. The molecule has 0 radical (unpaired) electrons. The van der Waals surface area contributed by atoms with Gasteiger partial charge in [0.1, 0.15) is 114 Å². The maximum Gasteiger partial charge on any atom is 0.573 e. The van der Waals surface area contributed by atoms with Gasteiger partial charge >= 0.3 is 61.7 Å². The fourth-order valence-corrected chi connectivity index (χ4v) is 21.2. The lowest BCUT2D eigenvalue weighted by Gasteiger charge is -2.45. The first-order valence-corrected chi connectivity index (χ1v) is 43.5. The highest BCUT2D eigenvalue weighted by Gasteiger charge is 2.73. The highest BCUT2D eigenvalue weighted by molar-refractivity contribution is 8.46. The summed E-state index contributed by atoms with van der Waals surface area (Å²) in [6, 6.07) is 12.1. The highest BCUT2D eigenvalue weighted by atomic mass is 32.5. The molecule has 0 saturated carbocycles. The molecule has 0 spiro atoms. The third kappa shape index (κ3) is 20.7. The molecule has 9 aromatic rings. The number of fused-ring (bicyclic) bond motifs is 6. The lowest BCUT2D eigenvalue weighted by Crippen LogP contribution is -2.34. The molecule has 0 bridgehead atoms. The van der Waals surface area contributed by atoms with Crippen LogP contribution in [0.1, 0.15) is 66.8 Å². The Hall–Kier alpha value is -17.3. The Morgan fingerprint density at radius 2 is 0.452 bits per heavy atom. The van der Waals surface area contributed by atoms with E-state index in [2.05, 4.69) is 68.4 Å². The summed E-state index contributed by atoms with van der Waals surface area (Å²) < 4.78 is 504. The van der Waals surface area contributed by atoms with Crippen molar-refractivity contribution >= 4 is 77.4 Å². The van der Waals surface area contributed by atoms with Crippen LogP contribution in [-0.2, 0) is 38.5 Å². The molecule has 58 heteroatoms. The number of thioether (sulfide) groups is 2. The van der Waals surface area contributed by atoms with Gasteiger partial charge in [0, 0.05) is 151 Å². The van der Waals surface area contributed by atoms with Crippen LogP contribution < -0.4 is 40.8 Å². The van der Waals surface area contributed by atoms with Gasteiger partial charge in [0.2, 0.25) is 71.4 Å². The average molecular weight is 2140 g/mol. The smallest absolute Gasteiger partial charge is 0.405 e. The van der Waals surface area contributed by atoms with Crippen molar-refractivity contribution in [2.24, 2.45) is 0 Å². The molecule has 0 aliphatic heterocycles. The SMILES string of the molecule is [C-]#[N+]C([N+]#[C-])=C1Cc2c(OC(F)(F)F)c3c(c(OC(F)(F)F)c2=C1c1cc(F)nc(F)c1)CC(=C(C#N)C#N)C=3c1cc(F)nc(F)c1.[C-]#[N+]C([N+]#[C-])=C1Cc2c(S(F)(F)(F)(F)F)c3c(c(S(F)(F)(F)(F)F)c2=C1c1cc(F)nc(F)c1)CC(=C(C#N)C#N)C=3c1cc(F)nc(F)c1.[C-]#[N+]C([N+]#[C-])=C1Cc2c(SC(F)(F)F)c3c(c(SC(F)(F)F)c2=C1c1cc(F)nc(F)c1)CC(=C(C#N)C#N)C=3c1cc(F)nc(F)c1. The maximum atomic E-state index is 15.3. The largest absolute Gasteiger partial charge is 0.573 e. The number of hydrogen-bond donors (Lipinski definition) is 0. The zero-order valence-electron chi connectivity index (χ0n) is 69.5. The molecule has 0 fully saturated rings. The number of pyridine rings is 6. The molecule has 6 heterocycles. The van der Waals surface area contributed by atoms with Gasteiger partial charge in [-0.3, -0.25) is 0 Å². The zero-order valence-corrected chi connectivity index (χ0v) is 72.8. The Morgan fingerprint density at radius 3 is 0.664 bits per heavy atom. The Morgan fingerprint density at radius 1 is 0.274 bits per heavy atom. The minimum absolute atomic E-state index is 0.00313. The summed E-state index contributed by atoms with van der Waals surface area (Å²) in [7, 11) is -23.3. The Kier molecular flexibility index (Phi) is 26.1. The third-order valence-corrected chi connectivity index (χ3v) is 25.4. The van der Waals surface area contributed by atoms with Crippen molar-refractivity contribution < 1.29 is 154 Å². The van der Waals surface area contributed by atoms with Crippen molar-refractivity contribution in [3.8, 4) is 47.9 Å². The minimum atomic E-state index is -11.6. The second kappa shape index (κ2) is 36.0. The number of benzene rings is 3. The number of alkyl halides is 12. The third-order valence-electron chi connectivity index (χ3n) is 21.2. The van der Waals surface area contributed by atoms with Gasteiger partial charge in [0.15, 0.2) is 0 Å². The van der Waals surface area contributed by atoms with Crippen LogP contribution in [-0.4, -0.2) is 53.6 Å². The molecule has 0 amide bonds. The van der Waals surface area contributed by atoms with E-state index in [4.69, 9.17) is 39.4 Å². The second-order valence-electron chi connectivity index (χ2n) is 29.9. The average Bonchev–Trinajstić information content (AvgIpc) is 1.45. The van der Waals surface area contributed by atoms with E-state index in [1.807, 2.05) is 0 Å². The van der Waals surface area contributed by atoms with Gasteiger partial charge in [-0.2, -0.15) is 170 Å². The van der Waals surface area contributed by atoms with Gasteiger partial charge in [-0.05, 0) is 142 Å². The molecule has 0 saturated heterocycles. The lowest BCUT2D eigenvalue weighted by molar-refractivity contribution is -0.277. The van der Waals surface area contributed by atoms with E-state index < -0.39 is 408 Å². The number of allylic oxidation sites excluding steroid dienone is 9. The van der Waals surface area contributed by atoms with Gasteiger partial charge in [0.25, 0.3) is 0 Å². The fourth-order valence-electron chi connectivity index (χ4n) is 17.0. The van der Waals surface area contributed by atoms with Crippen LogP contribution in [0.15, 0.2) is 160 Å². The molecule has 20 nitrogen and oxygen atoms in total. The molecule has 146 heavy (non-hydrogen) atoms. The Balaban J connectivity index is 0.000000183. The normalized spacial score (nSPS) is 14.8. The van der Waals surface area contributed by atoms with E-state index in [0.29, 0.717) is 48.5 Å². The lowest BCUT2D eigenvalue weighted by atomic mass is 9.96. The minimum Gasteiger partial charge on any atom is -0.405 e. The van der Waals surface area contributed by atoms with E-state index in [1.54, 1.807) is 0 Å². The fraction of sp³-hybridized carbons (Fsp3) is 0.114. The summed E-state index contributed by atoms with van der Waals surface area (Å²) in [6.07, 6.45) is -18.9. The van der Waals surface area contributed by atoms with Gasteiger partial charge < -0.3 is 9.47 Å². The number of ether oxygens (including phenoxy) is 2. The Bertz CT molecular complexity index is 7720. The Labute approximate surface area is 797 Å². The van der Waals surface area contributed by atoms with E-state index in [1.165, 1.54) is 24.3 Å². The predicted octanol–water partition coefficient (Wildman–Crippen LogP) is 22.1. The number of rotatable bonds is 12. The van der Waals surface area contributed by atoms with E-state index in [9.17, 15) is 137 Å². The number of nitrogens with zero attached hydrogens (tertiary/aromatic N) is 18. The zero-order chi connectivity index (χ0) is 108. The van der Waals surface area contributed by atoms with E-state index in [-0.39, 0.29) is 24.3 Å². The summed E-state index contributed by atoms with van der Waals surface area (Å²) in [5, 5.41) is 49.5. The van der Waals surface area contributed by atoms with Crippen molar-refractivity contribution in [3.05, 3.63) is 378 Å². The van der Waals surface area contributed by atoms with Crippen LogP contribution in [0.5, 0.6) is 11.5 Å². The maximum absolute atomic E-state index is 15.3. The number of halogens is 34. The van der Waals surface area contributed by atoms with Gasteiger partial charge in [-0.15, -0.1) is 26.3 Å². The topological polar surface area (TPSA) is 265 Å². The first-order chi connectivity index (χ1) is 67.5. The monoisotopic (exact) mass is 2140 g/mol. The first-order valence-electron chi connectivity index (χ1n) is 38.0. The van der Waals surface area contributed by atoms with Crippen LogP contribution >= 0.6 is 44.0 Å². The van der Waals surface area contributed by atoms with Crippen LogP contribution in [0.2, 0.25) is 0 Å². The second-order valence-corrected chi connectivity index (χ2v) is 36.7. The van der Waals surface area contributed by atoms with Crippen LogP contribution in [0.4, 0.5) is 144 Å². The van der Waals surface area contributed by atoms with E-state index in [0.717, 1.165) is 12.1 Å². The molecular formula is C88H24F34N18O2S4. The molecule has 6 aromatic heterocycles. The molecule has 0 N–H and O–H groups in total. The summed E-state index contributed by atoms with van der Waals surface area (Å²) in [5.74, 6) is -25.7. The quantitative estimate of drug-likeness (QED) is 0.0362. The van der Waals surface area contributed by atoms with Crippen LogP contribution in [0.25, 0.3) is 62.5 Å². The van der Waals surface area contributed by atoms with Crippen molar-refractivity contribution in [3.63, 3.8) is 0 Å². The van der Waals surface area contributed by atoms with Crippen LogP contribution in [0.3, 0.4) is 0 Å². The molecular weight excluding hydrogens is 2120 g/mol. The van der Waals surface area contributed by atoms with Crippen molar-refractivity contribution in [1.29, 1.82) is 31.6 Å². The summed E-state index contributed by atoms with van der Waals surface area (Å²) >= 11 is -1.70. The van der Waals surface area contributed by atoms with Crippen LogP contribution in [0, 0.1) is 179 Å². The van der Waals surface area contributed by atoms with Crippen molar-refractivity contribution in [1.82, 2.24) is 29.9 Å². The molecule has 3 aromatic carbocycles. The summed E-state index contributed by atoms with van der Waals surface area (Å²) in [5.41, 5.74) is -37.1. The number of nitriles is 6. The molecule has 15 rings (SSSR count). The summed E-state index contributed by atoms with van der Waals surface area (Å²) in [4.78, 5) is 25.7. The molecule has 6 aliphatic rings. The molecule has 740 valence electrons. The van der Waals surface area contributed by atoms with Gasteiger partial charge in [-0.25, -0.2) is 0 Å². The van der Waals surface area contributed by atoms with E-state index >= 15 is 38.9 Å². The number of hydrogen-bond acceptors (Lipinski definition) is 16. The van der Waals surface area contributed by atoms with Crippen molar-refractivity contribution in [2.75, 3.05) is 0 Å². The first kappa shape index (κ1) is 106. The van der Waals surface area contributed by atoms with Crippen molar-refractivity contribution in [2.45, 2.75) is 81.8 Å². The standard InChI is InChI=1S/C30H8F10N6O2.C30H8F10N6S2.C28H8F14N6S2/c2*1-43-28(44-2)17-8-16-25(23(17)12-5-20(33)46-21(34)6-12)26(47-29(35,36)37)15-7-14(13(9-41)10-42)22(11-3-18(31)45-19(32)4-11)24(15)27(16)48-30(38,39)40;1-45-28(46-2)17-8-16-25(23(17)12-5-20(31)48-21(32)6-12)26(49(33,34,35,36)37)15-7-14(13(9-43)10-44)22(11-3-18(29)47-19(30)4-11)24(15)27(16)50(38,39,40,41)42/h2*3-6H,7-8H2;3-6H,7-8H2. The molecule has 6 aliphatic carbocycles. The number of aromatic nitrogens is 6. The molecule has 0 unspecified atom stereocenters. The predicted molar refractivity (Wildman–Crippen MR) is 435 cm³/mol. The highest BCUT2D eigenvalue weighted by Crippen LogP contribution is 3.04.